The Bertz CT molecular complexity index is 873. The number of carbonyl (C=O) groups excluding carboxylic acids is 1. The molecule has 1 amide bonds. The first-order valence-corrected chi connectivity index (χ1v) is 8.22. The lowest BCUT2D eigenvalue weighted by molar-refractivity contribution is -0.140. The third-order valence-electron chi connectivity index (χ3n) is 3.63. The molecule has 0 aromatic heterocycles. The number of carbonyl (C=O) groups is 2. The Morgan fingerprint density at radius 3 is 2.46 bits per heavy atom. The van der Waals surface area contributed by atoms with Gasteiger partial charge in [-0.2, -0.15) is 13.2 Å². The second-order valence-electron chi connectivity index (χ2n) is 5.68. The van der Waals surface area contributed by atoms with Crippen molar-refractivity contribution in [3.8, 4) is 5.75 Å². The predicted molar refractivity (Wildman–Crippen MR) is 93.2 cm³/mol. The summed E-state index contributed by atoms with van der Waals surface area (Å²) < 4.78 is 43.3. The highest BCUT2D eigenvalue weighted by Gasteiger charge is 2.31. The molecule has 0 saturated carbocycles. The molecule has 0 radical (unpaired) electrons. The minimum atomic E-state index is -4.52. The molecule has 0 aliphatic heterocycles. The third-order valence-corrected chi connectivity index (χ3v) is 3.92. The smallest absolute Gasteiger partial charge is 0.416 e. The summed E-state index contributed by atoms with van der Waals surface area (Å²) in [6.45, 7) is -0.856. The fraction of sp³-hybridized carbons (Fsp3) is 0.222. The number of alkyl halides is 3. The number of amides is 1. The van der Waals surface area contributed by atoms with E-state index in [2.05, 4.69) is 5.32 Å². The molecule has 0 aliphatic carbocycles. The summed E-state index contributed by atoms with van der Waals surface area (Å²) in [5.41, 5.74) is -0.279. The number of hydrogen-bond acceptors (Lipinski definition) is 4. The van der Waals surface area contributed by atoms with Gasteiger partial charge >= 0.3 is 12.1 Å². The molecule has 0 unspecified atom stereocenters. The van der Waals surface area contributed by atoms with Crippen LogP contribution < -0.4 is 10.1 Å². The van der Waals surface area contributed by atoms with Crippen LogP contribution in [0.5, 0.6) is 5.75 Å². The zero-order valence-corrected chi connectivity index (χ0v) is 14.9. The molecule has 150 valence electrons. The average molecular weight is 418 g/mol. The van der Waals surface area contributed by atoms with Gasteiger partial charge in [0, 0.05) is 5.56 Å². The summed E-state index contributed by atoms with van der Waals surface area (Å²) in [7, 11) is 0. The van der Waals surface area contributed by atoms with Crippen molar-refractivity contribution in [1.29, 1.82) is 0 Å². The van der Waals surface area contributed by atoms with Crippen molar-refractivity contribution >= 4 is 23.5 Å². The van der Waals surface area contributed by atoms with Crippen molar-refractivity contribution < 1.29 is 37.7 Å². The monoisotopic (exact) mass is 417 g/mol. The summed E-state index contributed by atoms with van der Waals surface area (Å²) in [4.78, 5) is 22.9. The van der Waals surface area contributed by atoms with Crippen LogP contribution in [0, 0.1) is 0 Å². The second kappa shape index (κ2) is 8.94. The van der Waals surface area contributed by atoms with E-state index in [-0.39, 0.29) is 22.9 Å². The van der Waals surface area contributed by atoms with Crippen LogP contribution in [0.15, 0.2) is 42.5 Å². The van der Waals surface area contributed by atoms with Crippen LogP contribution in [0.1, 0.15) is 21.5 Å². The fourth-order valence-corrected chi connectivity index (χ4v) is 2.42. The van der Waals surface area contributed by atoms with Gasteiger partial charge < -0.3 is 20.3 Å². The van der Waals surface area contributed by atoms with Gasteiger partial charge in [-0.15, -0.1) is 0 Å². The Morgan fingerprint density at radius 1 is 1.18 bits per heavy atom. The second-order valence-corrected chi connectivity index (χ2v) is 6.09. The molecule has 1 atom stereocenters. The predicted octanol–water partition coefficient (Wildman–Crippen LogP) is 3.11. The highest BCUT2D eigenvalue weighted by atomic mass is 35.5. The molecule has 2 rings (SSSR count). The number of hydrogen-bond donors (Lipinski definition) is 3. The van der Waals surface area contributed by atoms with E-state index < -0.39 is 36.3 Å². The highest BCUT2D eigenvalue weighted by molar-refractivity contribution is 6.32. The number of halogens is 4. The van der Waals surface area contributed by atoms with Gasteiger partial charge in [0.1, 0.15) is 12.4 Å². The molecule has 3 N–H and O–H groups in total. The Kier molecular flexibility index (Phi) is 6.87. The SMILES string of the molecule is O=C(N[C@@H](CO)C(=O)O)c1cccc(COc2ccc(C(F)(F)F)cc2Cl)c1. The molecule has 0 spiro atoms. The van der Waals surface area contributed by atoms with E-state index in [0.717, 1.165) is 18.2 Å². The lowest BCUT2D eigenvalue weighted by atomic mass is 10.1. The van der Waals surface area contributed by atoms with E-state index in [9.17, 15) is 22.8 Å². The topological polar surface area (TPSA) is 95.9 Å². The Hall–Kier alpha value is -2.78. The van der Waals surface area contributed by atoms with Gasteiger partial charge in [0.2, 0.25) is 0 Å². The maximum absolute atomic E-state index is 12.6. The molecule has 0 heterocycles. The molecule has 0 aliphatic rings. The Morgan fingerprint density at radius 2 is 1.89 bits per heavy atom. The molecule has 0 fully saturated rings. The fourth-order valence-electron chi connectivity index (χ4n) is 2.18. The number of nitrogens with one attached hydrogen (secondary N) is 1. The summed E-state index contributed by atoms with van der Waals surface area (Å²) >= 11 is 5.82. The highest BCUT2D eigenvalue weighted by Crippen LogP contribution is 2.34. The number of carboxylic acid groups (broad SMARTS) is 1. The molecule has 28 heavy (non-hydrogen) atoms. The van der Waals surface area contributed by atoms with Gasteiger partial charge in [-0.3, -0.25) is 4.79 Å². The first-order valence-electron chi connectivity index (χ1n) is 7.85. The lowest BCUT2D eigenvalue weighted by Gasteiger charge is -2.13. The van der Waals surface area contributed by atoms with E-state index in [1.165, 1.54) is 18.2 Å². The van der Waals surface area contributed by atoms with Crippen LogP contribution in [-0.4, -0.2) is 34.7 Å². The summed E-state index contributed by atoms with van der Waals surface area (Å²) in [6.07, 6.45) is -4.52. The van der Waals surface area contributed by atoms with Crippen molar-refractivity contribution in [2.75, 3.05) is 6.61 Å². The van der Waals surface area contributed by atoms with Crippen molar-refractivity contribution in [3.63, 3.8) is 0 Å². The minimum absolute atomic E-state index is 0.0377. The number of ether oxygens (including phenoxy) is 1. The first kappa shape index (κ1) is 21.5. The number of rotatable bonds is 7. The van der Waals surface area contributed by atoms with Gasteiger partial charge in [-0.1, -0.05) is 23.7 Å². The lowest BCUT2D eigenvalue weighted by Crippen LogP contribution is -2.43. The zero-order valence-electron chi connectivity index (χ0n) is 14.2. The largest absolute Gasteiger partial charge is 0.487 e. The van der Waals surface area contributed by atoms with Gasteiger partial charge in [0.25, 0.3) is 5.91 Å². The van der Waals surface area contributed by atoms with Crippen LogP contribution in [0.2, 0.25) is 5.02 Å². The van der Waals surface area contributed by atoms with E-state index in [1.54, 1.807) is 6.07 Å². The van der Waals surface area contributed by atoms with Gasteiger partial charge in [-0.25, -0.2) is 4.79 Å². The quantitative estimate of drug-likeness (QED) is 0.643. The number of aliphatic carboxylic acids is 1. The van der Waals surface area contributed by atoms with Crippen LogP contribution in [0.25, 0.3) is 0 Å². The maximum Gasteiger partial charge on any atom is 0.416 e. The summed E-state index contributed by atoms with van der Waals surface area (Å²) in [5.74, 6) is -2.06. The number of carboxylic acids is 1. The summed E-state index contributed by atoms with van der Waals surface area (Å²) in [5, 5.41) is 19.8. The van der Waals surface area contributed by atoms with Crippen molar-refractivity contribution in [2.24, 2.45) is 0 Å². The van der Waals surface area contributed by atoms with Crippen molar-refractivity contribution in [3.05, 3.63) is 64.2 Å². The third kappa shape index (κ3) is 5.61. The van der Waals surface area contributed by atoms with E-state index in [0.29, 0.717) is 5.56 Å². The zero-order chi connectivity index (χ0) is 20.9. The van der Waals surface area contributed by atoms with Crippen LogP contribution in [0.4, 0.5) is 13.2 Å². The van der Waals surface area contributed by atoms with Crippen LogP contribution >= 0.6 is 11.6 Å². The molecular formula is C18H15ClF3NO5. The Labute approximate surface area is 162 Å². The number of aliphatic hydroxyl groups excluding tert-OH is 1. The minimum Gasteiger partial charge on any atom is -0.487 e. The number of benzene rings is 2. The average Bonchev–Trinajstić information content (AvgIpc) is 2.64. The number of aliphatic hydroxyl groups is 1. The maximum atomic E-state index is 12.6. The molecule has 2 aromatic carbocycles. The molecular weight excluding hydrogens is 403 g/mol. The molecule has 2 aromatic rings. The van der Waals surface area contributed by atoms with Gasteiger partial charge in [0.15, 0.2) is 6.04 Å². The van der Waals surface area contributed by atoms with Gasteiger partial charge in [-0.05, 0) is 35.9 Å². The standard InChI is InChI=1S/C18H15ClF3NO5/c19-13-7-12(18(20,21)22)4-5-15(13)28-9-10-2-1-3-11(6-10)16(25)23-14(8-24)17(26)27/h1-7,14,24H,8-9H2,(H,23,25)(H,26,27)/t14-/m0/s1. The normalized spacial score (nSPS) is 12.3. The van der Waals surface area contributed by atoms with Crippen molar-refractivity contribution in [2.45, 2.75) is 18.8 Å². The Balaban J connectivity index is 2.07. The van der Waals surface area contributed by atoms with Crippen LogP contribution in [-0.2, 0) is 17.6 Å². The van der Waals surface area contributed by atoms with E-state index in [4.69, 9.17) is 26.6 Å². The van der Waals surface area contributed by atoms with Crippen molar-refractivity contribution in [1.82, 2.24) is 5.32 Å². The van der Waals surface area contributed by atoms with Gasteiger partial charge in [0.05, 0.1) is 17.2 Å². The van der Waals surface area contributed by atoms with Crippen LogP contribution in [0.3, 0.4) is 0 Å². The van der Waals surface area contributed by atoms with E-state index >= 15 is 0 Å². The molecule has 10 heteroatoms. The van der Waals surface area contributed by atoms with E-state index in [1.807, 2.05) is 0 Å². The molecule has 0 bridgehead atoms. The summed E-state index contributed by atoms with van der Waals surface area (Å²) in [6, 6.07) is 7.22. The molecule has 6 nitrogen and oxygen atoms in total. The molecule has 0 saturated heterocycles. The first-order chi connectivity index (χ1) is 13.1.